The molecule has 40 heavy (non-hydrogen) atoms. The predicted octanol–water partition coefficient (Wildman–Crippen LogP) is 5.02. The molecule has 3 rings (SSSR count). The molecular formula is C29H33ClFN3O5S. The van der Waals surface area contributed by atoms with E-state index < -0.39 is 34.3 Å². The number of nitrogens with zero attached hydrogens (tertiary/aromatic N) is 2. The van der Waals surface area contributed by atoms with Crippen LogP contribution in [0.3, 0.4) is 0 Å². The molecule has 0 saturated carbocycles. The Morgan fingerprint density at radius 1 is 0.950 bits per heavy atom. The highest BCUT2D eigenvalue weighted by Gasteiger charge is 2.33. The van der Waals surface area contributed by atoms with Gasteiger partial charge in [-0.2, -0.15) is 0 Å². The number of likely N-dealkylation sites (N-methyl/N-ethyl adjacent to an activating group) is 1. The molecule has 0 bridgehead atoms. The van der Waals surface area contributed by atoms with Crippen LogP contribution in [0.2, 0.25) is 5.02 Å². The van der Waals surface area contributed by atoms with Crippen LogP contribution in [0.5, 0.6) is 5.75 Å². The lowest BCUT2D eigenvalue weighted by Crippen LogP contribution is -2.52. The number of rotatable bonds is 13. The van der Waals surface area contributed by atoms with Crippen molar-refractivity contribution in [1.29, 1.82) is 0 Å². The minimum Gasteiger partial charge on any atom is -0.494 e. The topological polar surface area (TPSA) is 96.0 Å². The number of hydrogen-bond acceptors (Lipinski definition) is 5. The van der Waals surface area contributed by atoms with Gasteiger partial charge in [0.05, 0.1) is 17.2 Å². The summed E-state index contributed by atoms with van der Waals surface area (Å²) >= 11 is 5.98. The molecule has 0 saturated heterocycles. The van der Waals surface area contributed by atoms with Crippen molar-refractivity contribution in [2.45, 2.75) is 44.7 Å². The van der Waals surface area contributed by atoms with Crippen molar-refractivity contribution in [3.05, 3.63) is 89.2 Å². The van der Waals surface area contributed by atoms with Crippen molar-refractivity contribution in [1.82, 2.24) is 10.2 Å². The van der Waals surface area contributed by atoms with Crippen molar-refractivity contribution in [3.8, 4) is 5.75 Å². The average molecular weight is 590 g/mol. The molecule has 3 aromatic rings. The van der Waals surface area contributed by atoms with Crippen molar-refractivity contribution in [2.24, 2.45) is 0 Å². The molecule has 0 fully saturated rings. The van der Waals surface area contributed by atoms with Gasteiger partial charge in [-0.1, -0.05) is 30.7 Å². The molecule has 0 heterocycles. The number of carbonyl (C=O) groups excluding carboxylic acids is 2. The first-order valence-corrected chi connectivity index (χ1v) is 14.7. The zero-order chi connectivity index (χ0) is 29.3. The Bertz CT molecular complexity index is 1380. The monoisotopic (exact) mass is 589 g/mol. The molecule has 0 spiro atoms. The summed E-state index contributed by atoms with van der Waals surface area (Å²) in [6.07, 6.45) is 0.283. The highest BCUT2D eigenvalue weighted by molar-refractivity contribution is 7.92. The van der Waals surface area contributed by atoms with Gasteiger partial charge in [0, 0.05) is 18.1 Å². The van der Waals surface area contributed by atoms with E-state index in [1.54, 1.807) is 38.1 Å². The molecule has 8 nitrogen and oxygen atoms in total. The standard InChI is InChI=1S/C29H33ClFN3O5S/c1-4-27(29(36)32-5-2)33(19-21-7-11-23(31)12-8-21)28(35)20-34(24-13-15-25(16-14-24)39-6-3)40(37,38)26-17-9-22(30)10-18-26/h7-18,27H,4-6,19-20H2,1-3H3,(H,32,36). The second-order valence-electron chi connectivity index (χ2n) is 8.86. The summed E-state index contributed by atoms with van der Waals surface area (Å²) in [5.41, 5.74) is 0.824. The third kappa shape index (κ3) is 7.73. The molecule has 0 aliphatic carbocycles. The fourth-order valence-electron chi connectivity index (χ4n) is 4.14. The van der Waals surface area contributed by atoms with Gasteiger partial charge in [-0.15, -0.1) is 0 Å². The van der Waals surface area contributed by atoms with Crippen LogP contribution >= 0.6 is 11.6 Å². The van der Waals surface area contributed by atoms with Gasteiger partial charge in [0.1, 0.15) is 24.2 Å². The first-order chi connectivity index (χ1) is 19.1. The average Bonchev–Trinajstić information content (AvgIpc) is 2.93. The number of carbonyl (C=O) groups is 2. The molecule has 1 atom stereocenters. The number of sulfonamides is 1. The van der Waals surface area contributed by atoms with E-state index in [-0.39, 0.29) is 29.5 Å². The smallest absolute Gasteiger partial charge is 0.264 e. The molecule has 0 aliphatic heterocycles. The van der Waals surface area contributed by atoms with E-state index in [2.05, 4.69) is 5.32 Å². The van der Waals surface area contributed by atoms with Crippen LogP contribution in [0, 0.1) is 5.82 Å². The van der Waals surface area contributed by atoms with Crippen LogP contribution in [0.15, 0.2) is 77.7 Å². The fourth-order valence-corrected chi connectivity index (χ4v) is 5.68. The molecule has 0 radical (unpaired) electrons. The Hall–Kier alpha value is -3.63. The zero-order valence-corrected chi connectivity index (χ0v) is 24.2. The van der Waals surface area contributed by atoms with Gasteiger partial charge in [0.2, 0.25) is 11.8 Å². The maximum Gasteiger partial charge on any atom is 0.264 e. The Morgan fingerprint density at radius 2 is 1.57 bits per heavy atom. The second-order valence-corrected chi connectivity index (χ2v) is 11.2. The quantitative estimate of drug-likeness (QED) is 0.302. The van der Waals surface area contributed by atoms with Gasteiger partial charge in [0.25, 0.3) is 10.0 Å². The number of benzene rings is 3. The summed E-state index contributed by atoms with van der Waals surface area (Å²) in [5, 5.41) is 3.10. The minimum atomic E-state index is -4.23. The SMILES string of the molecule is CCNC(=O)C(CC)N(Cc1ccc(F)cc1)C(=O)CN(c1ccc(OCC)cc1)S(=O)(=O)c1ccc(Cl)cc1. The van der Waals surface area contributed by atoms with E-state index in [1.807, 2.05) is 6.92 Å². The number of nitrogens with one attached hydrogen (secondary N) is 1. The summed E-state index contributed by atoms with van der Waals surface area (Å²) in [6, 6.07) is 16.7. The van der Waals surface area contributed by atoms with E-state index in [0.717, 1.165) is 4.31 Å². The van der Waals surface area contributed by atoms with Crippen LogP contribution in [0.1, 0.15) is 32.8 Å². The van der Waals surface area contributed by atoms with Crippen LogP contribution in [-0.2, 0) is 26.2 Å². The van der Waals surface area contributed by atoms with Crippen LogP contribution in [0.4, 0.5) is 10.1 Å². The maximum atomic E-state index is 13.9. The first kappa shape index (κ1) is 30.9. The van der Waals surface area contributed by atoms with Gasteiger partial charge in [-0.25, -0.2) is 12.8 Å². The normalized spacial score (nSPS) is 11.9. The van der Waals surface area contributed by atoms with Crippen molar-refractivity contribution in [3.63, 3.8) is 0 Å². The fraction of sp³-hybridized carbons (Fsp3) is 0.310. The number of hydrogen-bond donors (Lipinski definition) is 1. The Kier molecular flexibility index (Phi) is 10.9. The molecule has 0 aromatic heterocycles. The Labute approximate surface area is 239 Å². The largest absolute Gasteiger partial charge is 0.494 e. The molecule has 3 aromatic carbocycles. The number of amides is 2. The van der Waals surface area contributed by atoms with E-state index in [0.29, 0.717) is 29.5 Å². The number of anilines is 1. The van der Waals surface area contributed by atoms with Crippen molar-refractivity contribution < 1.29 is 27.1 Å². The van der Waals surface area contributed by atoms with E-state index in [9.17, 15) is 22.4 Å². The lowest BCUT2D eigenvalue weighted by atomic mass is 10.1. The molecular weight excluding hydrogens is 557 g/mol. The molecule has 0 aliphatic rings. The highest BCUT2D eigenvalue weighted by Crippen LogP contribution is 2.27. The van der Waals surface area contributed by atoms with Gasteiger partial charge < -0.3 is 15.0 Å². The highest BCUT2D eigenvalue weighted by atomic mass is 35.5. The van der Waals surface area contributed by atoms with Crippen molar-refractivity contribution in [2.75, 3.05) is 24.0 Å². The second kappa shape index (κ2) is 14.1. The van der Waals surface area contributed by atoms with Crippen LogP contribution < -0.4 is 14.4 Å². The van der Waals surface area contributed by atoms with Gasteiger partial charge in [-0.05, 0) is 86.5 Å². The Morgan fingerprint density at radius 3 is 2.12 bits per heavy atom. The van der Waals surface area contributed by atoms with Crippen LogP contribution in [0.25, 0.3) is 0 Å². The predicted molar refractivity (Wildman–Crippen MR) is 153 cm³/mol. The first-order valence-electron chi connectivity index (χ1n) is 12.9. The summed E-state index contributed by atoms with van der Waals surface area (Å²) in [6.45, 7) is 5.54. The Balaban J connectivity index is 2.05. The van der Waals surface area contributed by atoms with Crippen molar-refractivity contribution >= 4 is 39.1 Å². The molecule has 1 N–H and O–H groups in total. The lowest BCUT2D eigenvalue weighted by molar-refractivity contribution is -0.140. The third-order valence-corrected chi connectivity index (χ3v) is 8.16. The van der Waals surface area contributed by atoms with Crippen LogP contribution in [-0.4, -0.2) is 50.9 Å². The van der Waals surface area contributed by atoms with E-state index >= 15 is 0 Å². The number of halogens is 2. The molecule has 11 heteroatoms. The van der Waals surface area contributed by atoms with Gasteiger partial charge in [-0.3, -0.25) is 13.9 Å². The van der Waals surface area contributed by atoms with E-state index in [4.69, 9.17) is 16.3 Å². The third-order valence-electron chi connectivity index (χ3n) is 6.12. The number of ether oxygens (including phenoxy) is 1. The summed E-state index contributed by atoms with van der Waals surface area (Å²) < 4.78 is 47.7. The minimum absolute atomic E-state index is 0.0210. The summed E-state index contributed by atoms with van der Waals surface area (Å²) in [7, 11) is -4.23. The lowest BCUT2D eigenvalue weighted by Gasteiger charge is -2.33. The molecule has 214 valence electrons. The molecule has 1 unspecified atom stereocenters. The van der Waals surface area contributed by atoms with Gasteiger partial charge in [0.15, 0.2) is 0 Å². The molecule has 2 amide bonds. The summed E-state index contributed by atoms with van der Waals surface area (Å²) in [4.78, 5) is 28.1. The van der Waals surface area contributed by atoms with E-state index in [1.165, 1.54) is 53.4 Å². The maximum absolute atomic E-state index is 13.9. The zero-order valence-electron chi connectivity index (χ0n) is 22.6. The van der Waals surface area contributed by atoms with Gasteiger partial charge >= 0.3 is 0 Å². The summed E-state index contributed by atoms with van der Waals surface area (Å²) in [5.74, 6) is -0.864.